The molecule has 0 fully saturated rings. The van der Waals surface area contributed by atoms with Crippen molar-refractivity contribution >= 4 is 11.5 Å². The third-order valence-corrected chi connectivity index (χ3v) is 2.68. The van der Waals surface area contributed by atoms with Crippen molar-refractivity contribution in [2.75, 3.05) is 5.32 Å². The summed E-state index contributed by atoms with van der Waals surface area (Å²) >= 11 is 0. The zero-order chi connectivity index (χ0) is 13.1. The molecule has 3 N–H and O–H groups in total. The number of aryl methyl sites for hydroxylation is 2. The topological polar surface area (TPSA) is 63.8 Å². The number of para-hydroxylation sites is 1. The lowest BCUT2D eigenvalue weighted by Crippen LogP contribution is -2.08. The fourth-order valence-corrected chi connectivity index (χ4v) is 1.93. The van der Waals surface area contributed by atoms with Gasteiger partial charge in [-0.3, -0.25) is 0 Å². The van der Waals surface area contributed by atoms with E-state index in [1.807, 2.05) is 51.1 Å². The fraction of sp³-hybridized carbons (Fsp3) is 0.286. The Kier molecular flexibility index (Phi) is 3.58. The van der Waals surface area contributed by atoms with Gasteiger partial charge < -0.3 is 11.1 Å². The Bertz CT molecular complexity index is 529. The van der Waals surface area contributed by atoms with Crippen LogP contribution in [0.5, 0.6) is 0 Å². The van der Waals surface area contributed by atoms with E-state index >= 15 is 0 Å². The first-order valence-electron chi connectivity index (χ1n) is 6.00. The van der Waals surface area contributed by atoms with Crippen LogP contribution in [0.1, 0.15) is 30.0 Å². The van der Waals surface area contributed by atoms with Gasteiger partial charge in [0.15, 0.2) is 0 Å². The van der Waals surface area contributed by atoms with Gasteiger partial charge in [0, 0.05) is 23.5 Å². The zero-order valence-electron chi connectivity index (χ0n) is 10.9. The molecule has 0 saturated heterocycles. The maximum Gasteiger partial charge on any atom is 0.134 e. The molecule has 0 radical (unpaired) electrons. The first-order valence-corrected chi connectivity index (χ1v) is 6.00. The molecule has 2 rings (SSSR count). The molecular weight excluding hydrogens is 224 g/mol. The van der Waals surface area contributed by atoms with Crippen LogP contribution in [0.2, 0.25) is 0 Å². The van der Waals surface area contributed by atoms with Crippen molar-refractivity contribution < 1.29 is 0 Å². The van der Waals surface area contributed by atoms with Gasteiger partial charge in [-0.1, -0.05) is 18.2 Å². The Morgan fingerprint density at radius 1 is 1.17 bits per heavy atom. The number of anilines is 2. The highest BCUT2D eigenvalue weighted by molar-refractivity contribution is 5.61. The second-order valence-electron chi connectivity index (χ2n) is 4.44. The molecule has 0 aliphatic carbocycles. The van der Waals surface area contributed by atoms with E-state index in [0.29, 0.717) is 0 Å². The first kappa shape index (κ1) is 12.5. The van der Waals surface area contributed by atoms with Gasteiger partial charge in [-0.15, -0.1) is 0 Å². The molecule has 1 atom stereocenters. The Morgan fingerprint density at radius 2 is 1.89 bits per heavy atom. The maximum absolute atomic E-state index is 5.96. The normalized spacial score (nSPS) is 12.2. The molecule has 0 bridgehead atoms. The van der Waals surface area contributed by atoms with Gasteiger partial charge in [-0.05, 0) is 32.4 Å². The van der Waals surface area contributed by atoms with Crippen LogP contribution < -0.4 is 11.1 Å². The SMILES string of the molecule is Cc1cc(Nc2ccccc2C(C)N)nc(C)n1. The lowest BCUT2D eigenvalue weighted by molar-refractivity contribution is 0.820. The molecule has 94 valence electrons. The standard InChI is InChI=1S/C14H18N4/c1-9-8-14(17-11(3)16-9)18-13-7-5-4-6-12(13)10(2)15/h4-8,10H,15H2,1-3H3,(H,16,17,18). The van der Waals surface area contributed by atoms with Crippen LogP contribution in [0.25, 0.3) is 0 Å². The maximum atomic E-state index is 5.96. The molecule has 4 heteroatoms. The van der Waals surface area contributed by atoms with E-state index in [0.717, 1.165) is 28.6 Å². The molecule has 0 spiro atoms. The number of nitrogens with one attached hydrogen (secondary N) is 1. The van der Waals surface area contributed by atoms with Crippen molar-refractivity contribution in [2.45, 2.75) is 26.8 Å². The fourth-order valence-electron chi connectivity index (χ4n) is 1.93. The van der Waals surface area contributed by atoms with Crippen LogP contribution in [0, 0.1) is 13.8 Å². The summed E-state index contributed by atoms with van der Waals surface area (Å²) in [6.45, 7) is 5.81. The molecule has 1 aromatic heterocycles. The number of hydrogen-bond acceptors (Lipinski definition) is 4. The first-order chi connectivity index (χ1) is 8.56. The van der Waals surface area contributed by atoms with E-state index in [1.54, 1.807) is 0 Å². The Labute approximate surface area is 107 Å². The second-order valence-corrected chi connectivity index (χ2v) is 4.44. The number of benzene rings is 1. The van der Waals surface area contributed by atoms with Crippen LogP contribution in [0.4, 0.5) is 11.5 Å². The summed E-state index contributed by atoms with van der Waals surface area (Å²) in [5, 5.41) is 3.30. The number of nitrogens with zero attached hydrogens (tertiary/aromatic N) is 2. The summed E-state index contributed by atoms with van der Waals surface area (Å²) in [6, 6.07) is 9.90. The number of rotatable bonds is 3. The van der Waals surface area contributed by atoms with Gasteiger partial charge in [0.2, 0.25) is 0 Å². The minimum atomic E-state index is -0.0160. The lowest BCUT2D eigenvalue weighted by Gasteiger charge is -2.14. The Hall–Kier alpha value is -1.94. The highest BCUT2D eigenvalue weighted by atomic mass is 15.0. The van der Waals surface area contributed by atoms with E-state index in [-0.39, 0.29) is 6.04 Å². The largest absolute Gasteiger partial charge is 0.340 e. The summed E-state index contributed by atoms with van der Waals surface area (Å²) in [5.74, 6) is 1.56. The zero-order valence-corrected chi connectivity index (χ0v) is 10.9. The van der Waals surface area contributed by atoms with Crippen molar-refractivity contribution in [3.05, 3.63) is 47.4 Å². The summed E-state index contributed by atoms with van der Waals surface area (Å²) in [4.78, 5) is 8.62. The molecule has 1 aromatic carbocycles. The van der Waals surface area contributed by atoms with Gasteiger partial charge in [-0.2, -0.15) is 0 Å². The summed E-state index contributed by atoms with van der Waals surface area (Å²) < 4.78 is 0. The summed E-state index contributed by atoms with van der Waals surface area (Å²) in [5.41, 5.74) is 8.97. The Morgan fingerprint density at radius 3 is 2.56 bits per heavy atom. The molecule has 1 heterocycles. The third kappa shape index (κ3) is 2.84. The van der Waals surface area contributed by atoms with Gasteiger partial charge in [0.1, 0.15) is 11.6 Å². The third-order valence-electron chi connectivity index (χ3n) is 2.68. The highest BCUT2D eigenvalue weighted by Crippen LogP contribution is 2.24. The van der Waals surface area contributed by atoms with Gasteiger partial charge in [-0.25, -0.2) is 9.97 Å². The minimum absolute atomic E-state index is 0.0160. The van der Waals surface area contributed by atoms with E-state index < -0.39 is 0 Å². The van der Waals surface area contributed by atoms with Crippen molar-refractivity contribution in [2.24, 2.45) is 5.73 Å². The van der Waals surface area contributed by atoms with Crippen LogP contribution in [0.15, 0.2) is 30.3 Å². The van der Waals surface area contributed by atoms with E-state index in [1.165, 1.54) is 0 Å². The quantitative estimate of drug-likeness (QED) is 0.868. The number of nitrogens with two attached hydrogens (primary N) is 1. The van der Waals surface area contributed by atoms with Crippen LogP contribution in [-0.2, 0) is 0 Å². The molecule has 0 amide bonds. The van der Waals surface area contributed by atoms with Crippen LogP contribution >= 0.6 is 0 Å². The predicted octanol–water partition coefficient (Wildman–Crippen LogP) is 2.86. The van der Waals surface area contributed by atoms with E-state index in [4.69, 9.17) is 5.73 Å². The van der Waals surface area contributed by atoms with Crippen molar-refractivity contribution in [1.29, 1.82) is 0 Å². The van der Waals surface area contributed by atoms with E-state index in [2.05, 4.69) is 15.3 Å². The molecule has 2 aromatic rings. The monoisotopic (exact) mass is 242 g/mol. The Balaban J connectivity index is 2.34. The molecular formula is C14H18N4. The molecule has 1 unspecified atom stereocenters. The molecule has 0 saturated carbocycles. The van der Waals surface area contributed by atoms with Gasteiger partial charge in [0.25, 0.3) is 0 Å². The summed E-state index contributed by atoms with van der Waals surface area (Å²) in [7, 11) is 0. The average molecular weight is 242 g/mol. The van der Waals surface area contributed by atoms with Crippen molar-refractivity contribution in [1.82, 2.24) is 9.97 Å². The molecule has 18 heavy (non-hydrogen) atoms. The highest BCUT2D eigenvalue weighted by Gasteiger charge is 2.07. The molecule has 4 nitrogen and oxygen atoms in total. The van der Waals surface area contributed by atoms with Crippen LogP contribution in [-0.4, -0.2) is 9.97 Å². The number of aromatic nitrogens is 2. The summed E-state index contributed by atoms with van der Waals surface area (Å²) in [6.07, 6.45) is 0. The van der Waals surface area contributed by atoms with E-state index in [9.17, 15) is 0 Å². The molecule has 0 aliphatic rings. The smallest absolute Gasteiger partial charge is 0.134 e. The minimum Gasteiger partial charge on any atom is -0.340 e. The van der Waals surface area contributed by atoms with Crippen molar-refractivity contribution in [3.8, 4) is 0 Å². The lowest BCUT2D eigenvalue weighted by atomic mass is 10.1. The van der Waals surface area contributed by atoms with Gasteiger partial charge >= 0.3 is 0 Å². The van der Waals surface area contributed by atoms with Gasteiger partial charge in [0.05, 0.1) is 0 Å². The van der Waals surface area contributed by atoms with Crippen LogP contribution in [0.3, 0.4) is 0 Å². The predicted molar refractivity (Wildman–Crippen MR) is 73.8 cm³/mol. The average Bonchev–Trinajstić information content (AvgIpc) is 2.27. The second kappa shape index (κ2) is 5.14. The molecule has 0 aliphatic heterocycles. The van der Waals surface area contributed by atoms with Crippen molar-refractivity contribution in [3.63, 3.8) is 0 Å². The number of hydrogen-bond donors (Lipinski definition) is 2.